The molecular weight excluding hydrogens is 542 g/mol. The average molecular weight is 624 g/mol. The molecular formula is C40H81NO3. The Balaban J connectivity index is 3.47. The predicted octanol–water partition coefficient (Wildman–Crippen LogP) is 12.1. The fourth-order valence-corrected chi connectivity index (χ4v) is 6.48. The lowest BCUT2D eigenvalue weighted by Gasteiger charge is -2.22. The molecule has 0 heterocycles. The number of carbonyl (C=O) groups is 1. The Morgan fingerprint density at radius 2 is 0.727 bits per heavy atom. The van der Waals surface area contributed by atoms with Crippen LogP contribution in [0.25, 0.3) is 0 Å². The summed E-state index contributed by atoms with van der Waals surface area (Å²) in [6, 6.07) is -0.528. The molecule has 2 unspecified atom stereocenters. The molecule has 0 aliphatic heterocycles. The van der Waals surface area contributed by atoms with E-state index < -0.39 is 12.1 Å². The van der Waals surface area contributed by atoms with Crippen molar-refractivity contribution in [2.75, 3.05) is 6.61 Å². The number of aliphatic hydroxyl groups is 2. The van der Waals surface area contributed by atoms with Gasteiger partial charge in [-0.2, -0.15) is 0 Å². The van der Waals surface area contributed by atoms with E-state index in [4.69, 9.17) is 0 Å². The van der Waals surface area contributed by atoms with E-state index in [0.717, 1.165) is 25.7 Å². The van der Waals surface area contributed by atoms with E-state index >= 15 is 0 Å². The van der Waals surface area contributed by atoms with Crippen LogP contribution in [0, 0.1) is 0 Å². The van der Waals surface area contributed by atoms with E-state index in [-0.39, 0.29) is 12.5 Å². The van der Waals surface area contributed by atoms with Gasteiger partial charge in [-0.25, -0.2) is 0 Å². The Bertz CT molecular complexity index is 555. The maximum Gasteiger partial charge on any atom is 0.220 e. The van der Waals surface area contributed by atoms with Crippen molar-refractivity contribution in [1.29, 1.82) is 0 Å². The van der Waals surface area contributed by atoms with Crippen molar-refractivity contribution < 1.29 is 15.0 Å². The predicted molar refractivity (Wildman–Crippen MR) is 193 cm³/mol. The van der Waals surface area contributed by atoms with Gasteiger partial charge in [0.2, 0.25) is 5.91 Å². The van der Waals surface area contributed by atoms with Crippen LogP contribution in [0.2, 0.25) is 0 Å². The number of hydrogen-bond donors (Lipinski definition) is 3. The van der Waals surface area contributed by atoms with Gasteiger partial charge >= 0.3 is 0 Å². The number of amides is 1. The minimum absolute atomic E-state index is 0.0290. The first-order chi connectivity index (χ1) is 21.7. The number of carbonyl (C=O) groups excluding carboxylic acids is 1. The smallest absolute Gasteiger partial charge is 0.220 e. The number of unbranched alkanes of at least 4 members (excludes halogenated alkanes) is 30. The van der Waals surface area contributed by atoms with Gasteiger partial charge in [0.05, 0.1) is 18.8 Å². The summed E-state index contributed by atoms with van der Waals surface area (Å²) in [7, 11) is 0. The first-order valence-corrected chi connectivity index (χ1v) is 20.2. The molecule has 0 spiro atoms. The van der Waals surface area contributed by atoms with Crippen molar-refractivity contribution in [3.05, 3.63) is 0 Å². The summed E-state index contributed by atoms with van der Waals surface area (Å²) in [6.45, 7) is 4.37. The molecule has 0 radical (unpaired) electrons. The first-order valence-electron chi connectivity index (χ1n) is 20.2. The Morgan fingerprint density at radius 1 is 0.455 bits per heavy atom. The van der Waals surface area contributed by atoms with Gasteiger partial charge in [0.1, 0.15) is 0 Å². The zero-order valence-electron chi connectivity index (χ0n) is 30.2. The summed E-state index contributed by atoms with van der Waals surface area (Å²) in [4.78, 5) is 12.3. The van der Waals surface area contributed by atoms with Crippen molar-refractivity contribution in [2.24, 2.45) is 0 Å². The molecule has 0 aromatic carbocycles. The van der Waals surface area contributed by atoms with E-state index in [1.54, 1.807) is 0 Å². The second kappa shape index (κ2) is 36.9. The number of hydrogen-bond acceptors (Lipinski definition) is 3. The van der Waals surface area contributed by atoms with Gasteiger partial charge in [0, 0.05) is 6.42 Å². The van der Waals surface area contributed by atoms with Gasteiger partial charge in [-0.1, -0.05) is 213 Å². The van der Waals surface area contributed by atoms with Gasteiger partial charge < -0.3 is 15.5 Å². The molecule has 4 heteroatoms. The summed E-state index contributed by atoms with van der Waals surface area (Å²) >= 11 is 0. The summed E-state index contributed by atoms with van der Waals surface area (Å²) < 4.78 is 0. The number of aliphatic hydroxyl groups excluding tert-OH is 2. The molecule has 0 aromatic rings. The fraction of sp³-hybridized carbons (Fsp3) is 0.975. The molecule has 0 rings (SSSR count). The van der Waals surface area contributed by atoms with Crippen molar-refractivity contribution in [3.63, 3.8) is 0 Å². The second-order valence-electron chi connectivity index (χ2n) is 14.1. The normalized spacial score (nSPS) is 12.9. The van der Waals surface area contributed by atoms with E-state index in [1.165, 1.54) is 180 Å². The number of nitrogens with one attached hydrogen (secondary N) is 1. The topological polar surface area (TPSA) is 69.6 Å². The molecule has 3 N–H and O–H groups in total. The first kappa shape index (κ1) is 43.4. The third-order valence-corrected chi connectivity index (χ3v) is 9.62. The minimum atomic E-state index is -0.651. The Hall–Kier alpha value is -0.610. The molecule has 0 aliphatic carbocycles. The minimum Gasteiger partial charge on any atom is -0.394 e. The maximum atomic E-state index is 12.3. The highest BCUT2D eigenvalue weighted by Crippen LogP contribution is 2.16. The van der Waals surface area contributed by atoms with Crippen LogP contribution < -0.4 is 5.32 Å². The SMILES string of the molecule is CCCCCCCCCCCCCCCCCCCCCCC(O)C(CO)NC(=O)CCCCCCCCCCCCCC. The van der Waals surface area contributed by atoms with Crippen LogP contribution >= 0.6 is 0 Å². The largest absolute Gasteiger partial charge is 0.394 e. The zero-order chi connectivity index (χ0) is 32.2. The van der Waals surface area contributed by atoms with Gasteiger partial charge in [-0.3, -0.25) is 4.79 Å². The van der Waals surface area contributed by atoms with E-state index in [1.807, 2.05) is 0 Å². The quantitative estimate of drug-likeness (QED) is 0.0603. The molecule has 2 atom stereocenters. The summed E-state index contributed by atoms with van der Waals surface area (Å²) in [5, 5.41) is 23.1. The Labute approximate surface area is 276 Å². The van der Waals surface area contributed by atoms with Crippen molar-refractivity contribution in [3.8, 4) is 0 Å². The molecule has 0 saturated heterocycles. The van der Waals surface area contributed by atoms with Crippen LogP contribution in [0.4, 0.5) is 0 Å². The van der Waals surface area contributed by atoms with Crippen LogP contribution in [-0.2, 0) is 4.79 Å². The lowest BCUT2D eigenvalue weighted by Crippen LogP contribution is -2.45. The summed E-state index contributed by atoms with van der Waals surface area (Å²) in [5.41, 5.74) is 0. The highest BCUT2D eigenvalue weighted by molar-refractivity contribution is 5.76. The van der Waals surface area contributed by atoms with E-state index in [0.29, 0.717) is 12.8 Å². The van der Waals surface area contributed by atoms with Crippen LogP contribution in [0.5, 0.6) is 0 Å². The standard InChI is InChI=1S/C40H81NO3/c1-3-5-7-9-11-13-15-17-18-19-20-21-22-23-24-25-27-29-31-33-35-39(43)38(37-42)41-40(44)36-34-32-30-28-26-16-14-12-10-8-6-4-2/h38-39,42-43H,3-37H2,1-2H3,(H,41,44). The third kappa shape index (κ3) is 32.8. The lowest BCUT2D eigenvalue weighted by atomic mass is 10.0. The Kier molecular flexibility index (Phi) is 36.3. The lowest BCUT2D eigenvalue weighted by molar-refractivity contribution is -0.123. The molecule has 264 valence electrons. The third-order valence-electron chi connectivity index (χ3n) is 9.62. The van der Waals surface area contributed by atoms with Gasteiger partial charge in [0.25, 0.3) is 0 Å². The van der Waals surface area contributed by atoms with Crippen molar-refractivity contribution in [2.45, 2.75) is 244 Å². The monoisotopic (exact) mass is 624 g/mol. The van der Waals surface area contributed by atoms with Crippen LogP contribution in [0.15, 0.2) is 0 Å². The highest BCUT2D eigenvalue weighted by atomic mass is 16.3. The molecule has 0 aliphatic rings. The molecule has 44 heavy (non-hydrogen) atoms. The van der Waals surface area contributed by atoms with Gasteiger partial charge in [0.15, 0.2) is 0 Å². The fourth-order valence-electron chi connectivity index (χ4n) is 6.48. The van der Waals surface area contributed by atoms with E-state index in [9.17, 15) is 15.0 Å². The van der Waals surface area contributed by atoms with Gasteiger partial charge in [-0.15, -0.1) is 0 Å². The van der Waals surface area contributed by atoms with Crippen LogP contribution in [0.3, 0.4) is 0 Å². The van der Waals surface area contributed by atoms with Crippen LogP contribution in [-0.4, -0.2) is 34.9 Å². The molecule has 0 saturated carbocycles. The average Bonchev–Trinajstić information content (AvgIpc) is 3.03. The summed E-state index contributed by atoms with van der Waals surface area (Å²) in [5.74, 6) is -0.0290. The van der Waals surface area contributed by atoms with Crippen LogP contribution in [0.1, 0.15) is 232 Å². The van der Waals surface area contributed by atoms with Crippen molar-refractivity contribution in [1.82, 2.24) is 5.32 Å². The maximum absolute atomic E-state index is 12.3. The summed E-state index contributed by atoms with van der Waals surface area (Å²) in [6.07, 6.45) is 43.1. The molecule has 0 aromatic heterocycles. The second-order valence-corrected chi connectivity index (χ2v) is 14.1. The van der Waals surface area contributed by atoms with Gasteiger partial charge in [-0.05, 0) is 12.8 Å². The molecule has 0 fully saturated rings. The van der Waals surface area contributed by atoms with E-state index in [2.05, 4.69) is 19.2 Å². The molecule has 0 bridgehead atoms. The highest BCUT2D eigenvalue weighted by Gasteiger charge is 2.19. The zero-order valence-corrected chi connectivity index (χ0v) is 30.2. The molecule has 1 amide bonds. The molecule has 4 nitrogen and oxygen atoms in total. The van der Waals surface area contributed by atoms with Crippen molar-refractivity contribution >= 4 is 5.91 Å². The Morgan fingerprint density at radius 3 is 1.02 bits per heavy atom. The number of rotatable bonds is 37.